The van der Waals surface area contributed by atoms with E-state index in [1.54, 1.807) is 12.1 Å². The molecule has 9 heteroatoms. The highest BCUT2D eigenvalue weighted by atomic mass is 16.7. The summed E-state index contributed by atoms with van der Waals surface area (Å²) in [6.45, 7) is 2.72. The zero-order valence-electron chi connectivity index (χ0n) is 35.3. The summed E-state index contributed by atoms with van der Waals surface area (Å²) in [6, 6.07) is 53.0. The fraction of sp³-hybridized carbons (Fsp3) is 0.283. The van der Waals surface area contributed by atoms with Crippen LogP contribution in [0.25, 0.3) is 11.1 Å². The molecule has 1 aliphatic heterocycles. The third-order valence-corrected chi connectivity index (χ3v) is 11.3. The Balaban J connectivity index is 0.964. The van der Waals surface area contributed by atoms with Crippen LogP contribution in [0.5, 0.6) is 0 Å². The van der Waals surface area contributed by atoms with Crippen LogP contribution < -0.4 is 16.4 Å². The van der Waals surface area contributed by atoms with Crippen LogP contribution >= 0.6 is 0 Å². The molecule has 5 N–H and O–H groups in total. The van der Waals surface area contributed by atoms with Gasteiger partial charge in [0.05, 0.1) is 30.2 Å². The van der Waals surface area contributed by atoms with E-state index in [0.717, 1.165) is 72.2 Å². The lowest BCUT2D eigenvalue weighted by Crippen LogP contribution is -2.39. The lowest BCUT2D eigenvalue weighted by Gasteiger charge is -2.38. The lowest BCUT2D eigenvalue weighted by atomic mass is 9.98. The summed E-state index contributed by atoms with van der Waals surface area (Å²) >= 11 is 0. The number of nitrogens with zero attached hydrogens (tertiary/aromatic N) is 1. The van der Waals surface area contributed by atoms with Crippen LogP contribution in [0.3, 0.4) is 0 Å². The molecule has 6 aromatic carbocycles. The molecule has 7 rings (SSSR count). The Hall–Kier alpha value is -6.10. The van der Waals surface area contributed by atoms with Gasteiger partial charge >= 0.3 is 0 Å². The number of anilines is 2. The second-order valence-electron chi connectivity index (χ2n) is 16.1. The number of carbonyl (C=O) groups excluding carboxylic acids is 2. The van der Waals surface area contributed by atoms with Crippen molar-refractivity contribution >= 4 is 23.2 Å². The molecule has 1 heterocycles. The van der Waals surface area contributed by atoms with Crippen molar-refractivity contribution in [1.29, 1.82) is 0 Å². The molecule has 1 aliphatic rings. The number of ether oxygens (including phenoxy) is 2. The number of carbonyl (C=O) groups is 2. The van der Waals surface area contributed by atoms with Gasteiger partial charge in [0.25, 0.3) is 0 Å². The van der Waals surface area contributed by atoms with Gasteiger partial charge in [0, 0.05) is 51.0 Å². The molecular weight excluding hydrogens is 773 g/mol. The summed E-state index contributed by atoms with van der Waals surface area (Å²) in [7, 11) is 0. The number of nitrogen functional groups attached to an aromatic ring is 1. The molecule has 62 heavy (non-hydrogen) atoms. The van der Waals surface area contributed by atoms with Crippen LogP contribution in [0.1, 0.15) is 90.7 Å². The van der Waals surface area contributed by atoms with Gasteiger partial charge < -0.3 is 30.9 Å². The number of amides is 2. The van der Waals surface area contributed by atoms with Crippen molar-refractivity contribution in [2.75, 3.05) is 17.6 Å². The maximum atomic E-state index is 12.8. The molecular formula is C53H58N4O5. The number of aliphatic hydroxyl groups is 1. The Labute approximate surface area is 365 Å². The number of benzene rings is 6. The first-order valence-electron chi connectivity index (χ1n) is 21.8. The highest BCUT2D eigenvalue weighted by Gasteiger charge is 2.33. The van der Waals surface area contributed by atoms with Crippen molar-refractivity contribution in [3.63, 3.8) is 0 Å². The predicted molar refractivity (Wildman–Crippen MR) is 246 cm³/mol. The highest BCUT2D eigenvalue weighted by Crippen LogP contribution is 2.39. The van der Waals surface area contributed by atoms with Crippen molar-refractivity contribution < 1.29 is 24.2 Å². The minimum atomic E-state index is -0.597. The van der Waals surface area contributed by atoms with Crippen LogP contribution in [0.15, 0.2) is 158 Å². The Kier molecular flexibility index (Phi) is 16.1. The van der Waals surface area contributed by atoms with Gasteiger partial charge in [-0.25, -0.2) is 0 Å². The van der Waals surface area contributed by atoms with Gasteiger partial charge in [0.1, 0.15) is 0 Å². The molecule has 0 radical (unpaired) electrons. The number of nitrogens with two attached hydrogens (primary N) is 1. The van der Waals surface area contributed by atoms with Gasteiger partial charge in [-0.1, -0.05) is 146 Å². The fourth-order valence-electron chi connectivity index (χ4n) is 7.95. The minimum absolute atomic E-state index is 0.00852. The first-order valence-corrected chi connectivity index (χ1v) is 21.8. The minimum Gasteiger partial charge on any atom is -0.397 e. The van der Waals surface area contributed by atoms with Gasteiger partial charge in [0.15, 0.2) is 6.29 Å². The first-order chi connectivity index (χ1) is 30.4. The number of nitrogens with one attached hydrogen (secondary N) is 2. The third kappa shape index (κ3) is 13.2. The first kappa shape index (κ1) is 44.0. The fourth-order valence-corrected chi connectivity index (χ4v) is 7.95. The van der Waals surface area contributed by atoms with Crippen LogP contribution in [0.2, 0.25) is 0 Å². The van der Waals surface area contributed by atoms with E-state index in [1.165, 1.54) is 11.1 Å². The quantitative estimate of drug-likeness (QED) is 0.0446. The summed E-state index contributed by atoms with van der Waals surface area (Å²) in [4.78, 5) is 27.5. The number of rotatable bonds is 20. The Morgan fingerprint density at radius 1 is 0.613 bits per heavy atom. The largest absolute Gasteiger partial charge is 0.397 e. The van der Waals surface area contributed by atoms with E-state index in [1.807, 2.05) is 42.5 Å². The molecule has 0 aliphatic carbocycles. The summed E-state index contributed by atoms with van der Waals surface area (Å²) in [5.74, 6) is -0.0343. The molecule has 9 nitrogen and oxygen atoms in total. The molecule has 0 spiro atoms. The molecule has 3 atom stereocenters. The zero-order chi connectivity index (χ0) is 42.9. The van der Waals surface area contributed by atoms with Crippen LogP contribution in [0.4, 0.5) is 11.4 Å². The van der Waals surface area contributed by atoms with Gasteiger partial charge in [-0.3, -0.25) is 14.5 Å². The molecule has 1 fully saturated rings. The maximum Gasteiger partial charge on any atom is 0.224 e. The number of para-hydroxylation sites is 2. The molecule has 2 amide bonds. The smallest absolute Gasteiger partial charge is 0.224 e. The third-order valence-electron chi connectivity index (χ3n) is 11.3. The van der Waals surface area contributed by atoms with Gasteiger partial charge in [0.2, 0.25) is 11.8 Å². The topological polar surface area (TPSA) is 126 Å². The number of unbranched alkanes of at least 4 members (excludes halogenated alkanes) is 3. The van der Waals surface area contributed by atoms with Crippen LogP contribution in [-0.4, -0.2) is 34.5 Å². The second kappa shape index (κ2) is 22.7. The van der Waals surface area contributed by atoms with Crippen molar-refractivity contribution in [1.82, 2.24) is 10.2 Å². The standard InChI is InChI=1S/C53H58N4O5/c54-48-23-11-12-24-49(48)56-52(60)26-10-2-1-9-25-51(59)55-34-42-19-13-20-44(31-42)45-21-14-22-46(32-45)53-61-47(33-50(62-53)43-29-27-41(38-58)28-30-43)37-57(35-39-15-5-3-6-16-39)36-40-17-7-4-8-18-40/h3-8,11-24,27-32,47,50,53,58H,1-2,9-10,25-26,33-38,54H2,(H,55,59)(H,56,60)/t47-,50+,53+/m1/s1. The molecule has 0 bridgehead atoms. The van der Waals surface area contributed by atoms with Gasteiger partial charge in [-0.05, 0) is 76.1 Å². The van der Waals surface area contributed by atoms with Gasteiger partial charge in [-0.15, -0.1) is 0 Å². The molecule has 0 aromatic heterocycles. The van der Waals surface area contributed by atoms with Crippen molar-refractivity contribution in [2.24, 2.45) is 0 Å². The summed E-state index contributed by atoms with van der Waals surface area (Å²) in [5, 5.41) is 15.7. The summed E-state index contributed by atoms with van der Waals surface area (Å²) < 4.78 is 13.6. The van der Waals surface area contributed by atoms with Gasteiger partial charge in [-0.2, -0.15) is 0 Å². The second-order valence-corrected chi connectivity index (χ2v) is 16.1. The van der Waals surface area contributed by atoms with E-state index < -0.39 is 6.29 Å². The monoisotopic (exact) mass is 830 g/mol. The van der Waals surface area contributed by atoms with E-state index in [0.29, 0.717) is 43.7 Å². The van der Waals surface area contributed by atoms with Crippen LogP contribution in [-0.2, 0) is 45.3 Å². The molecule has 0 saturated carbocycles. The number of aliphatic hydroxyl groups excluding tert-OH is 1. The van der Waals surface area contributed by atoms with Crippen LogP contribution in [0, 0.1) is 0 Å². The molecule has 0 unspecified atom stereocenters. The summed E-state index contributed by atoms with van der Waals surface area (Å²) in [6.07, 6.45) is 3.92. The Morgan fingerprint density at radius 3 is 1.90 bits per heavy atom. The molecule has 6 aromatic rings. The van der Waals surface area contributed by atoms with E-state index in [2.05, 4.69) is 119 Å². The summed E-state index contributed by atoms with van der Waals surface area (Å²) in [5.41, 5.74) is 15.5. The van der Waals surface area contributed by atoms with E-state index >= 15 is 0 Å². The highest BCUT2D eigenvalue weighted by molar-refractivity contribution is 5.93. The zero-order valence-corrected chi connectivity index (χ0v) is 35.3. The number of hydrogen-bond acceptors (Lipinski definition) is 7. The van der Waals surface area contributed by atoms with Crippen molar-refractivity contribution in [3.8, 4) is 11.1 Å². The maximum absolute atomic E-state index is 12.8. The van der Waals surface area contributed by atoms with E-state index in [4.69, 9.17) is 15.2 Å². The Morgan fingerprint density at radius 2 is 1.23 bits per heavy atom. The average molecular weight is 831 g/mol. The van der Waals surface area contributed by atoms with Crippen molar-refractivity contribution in [3.05, 3.63) is 191 Å². The van der Waals surface area contributed by atoms with E-state index in [9.17, 15) is 14.7 Å². The normalized spacial score (nSPS) is 16.2. The number of hydrogen-bond donors (Lipinski definition) is 4. The Bertz CT molecular complexity index is 2280. The molecule has 1 saturated heterocycles. The van der Waals surface area contributed by atoms with Crippen molar-refractivity contribution in [2.45, 2.75) is 89.7 Å². The van der Waals surface area contributed by atoms with E-state index in [-0.39, 0.29) is 30.6 Å². The average Bonchev–Trinajstić information content (AvgIpc) is 3.31. The lowest BCUT2D eigenvalue weighted by molar-refractivity contribution is -0.253. The SMILES string of the molecule is Nc1ccccc1NC(=O)CCCCCCC(=O)NCc1cccc(-c2cccc([C@H]3O[C@@H](CN(Cc4ccccc4)Cc4ccccc4)C[C@@H](c4ccc(CO)cc4)O3)c2)c1. The predicted octanol–water partition coefficient (Wildman–Crippen LogP) is 10.3. The molecule has 320 valence electrons.